The van der Waals surface area contributed by atoms with Crippen LogP contribution in [-0.4, -0.2) is 32.7 Å². The molecule has 0 spiro atoms. The minimum atomic E-state index is -0.504. The number of anilines is 1. The zero-order chi connectivity index (χ0) is 17.6. The van der Waals surface area contributed by atoms with Gasteiger partial charge in [-0.1, -0.05) is 39.9 Å². The molecule has 0 fully saturated rings. The van der Waals surface area contributed by atoms with Crippen LogP contribution in [0.15, 0.2) is 48.7 Å². The van der Waals surface area contributed by atoms with Crippen LogP contribution in [-0.2, 0) is 4.74 Å². The molecule has 25 heavy (non-hydrogen) atoms. The highest BCUT2D eigenvalue weighted by Gasteiger charge is 2.15. The Hall–Kier alpha value is -3.00. The summed E-state index contributed by atoms with van der Waals surface area (Å²) < 4.78 is 7.03. The summed E-state index contributed by atoms with van der Waals surface area (Å²) in [7, 11) is 0. The van der Waals surface area contributed by atoms with Crippen molar-refractivity contribution in [3.05, 3.63) is 64.3 Å². The Bertz CT molecular complexity index is 850. The van der Waals surface area contributed by atoms with Crippen molar-refractivity contribution in [2.45, 2.75) is 19.4 Å². The molecule has 0 saturated heterocycles. The summed E-state index contributed by atoms with van der Waals surface area (Å²) in [5, 5.41) is 18.3. The molecule has 3 rings (SSSR count). The predicted molar refractivity (Wildman–Crippen MR) is 93.6 cm³/mol. The van der Waals surface area contributed by atoms with Crippen LogP contribution in [0.5, 0.6) is 0 Å². The monoisotopic (exact) mass is 341 g/mol. The average Bonchev–Trinajstić information content (AvgIpc) is 3.05. The van der Waals surface area contributed by atoms with Crippen molar-refractivity contribution in [1.29, 1.82) is 0 Å². The fourth-order valence-corrected chi connectivity index (χ4v) is 2.45. The number of nitro groups is 1. The number of aromatic nitrogens is 3. The van der Waals surface area contributed by atoms with E-state index in [4.69, 9.17) is 4.74 Å². The van der Waals surface area contributed by atoms with Crippen LogP contribution in [0.25, 0.3) is 5.65 Å². The van der Waals surface area contributed by atoms with Crippen LogP contribution in [0, 0.1) is 10.1 Å². The summed E-state index contributed by atoms with van der Waals surface area (Å²) in [6, 6.07) is 13.5. The molecule has 8 heteroatoms. The van der Waals surface area contributed by atoms with Gasteiger partial charge in [0, 0.05) is 19.2 Å². The molecule has 1 atom stereocenters. The fraction of sp³-hybridized carbons (Fsp3) is 0.294. The van der Waals surface area contributed by atoms with Gasteiger partial charge in [0.2, 0.25) is 5.65 Å². The van der Waals surface area contributed by atoms with Gasteiger partial charge in [0.1, 0.15) is 6.20 Å². The van der Waals surface area contributed by atoms with Crippen LogP contribution in [0.4, 0.5) is 11.6 Å². The first-order valence-electron chi connectivity index (χ1n) is 8.05. The van der Waals surface area contributed by atoms with Gasteiger partial charge in [-0.05, 0) is 29.9 Å². The van der Waals surface area contributed by atoms with E-state index in [0.29, 0.717) is 24.6 Å². The molecule has 0 amide bonds. The molecule has 0 bridgehead atoms. The average molecular weight is 341 g/mol. The third-order valence-electron chi connectivity index (χ3n) is 3.80. The first-order chi connectivity index (χ1) is 12.1. The molecular weight excluding hydrogens is 322 g/mol. The van der Waals surface area contributed by atoms with Crippen LogP contribution in [0.1, 0.15) is 25.0 Å². The predicted octanol–water partition coefficient (Wildman–Crippen LogP) is 3.22. The quantitative estimate of drug-likeness (QED) is 0.384. The summed E-state index contributed by atoms with van der Waals surface area (Å²) in [5.74, 6) is 0.406. The summed E-state index contributed by atoms with van der Waals surface area (Å²) >= 11 is 0. The minimum absolute atomic E-state index is 0.0456. The Morgan fingerprint density at radius 2 is 2.08 bits per heavy atom. The van der Waals surface area contributed by atoms with E-state index in [-0.39, 0.29) is 11.9 Å². The van der Waals surface area contributed by atoms with Gasteiger partial charge in [0.25, 0.3) is 0 Å². The van der Waals surface area contributed by atoms with Gasteiger partial charge < -0.3 is 20.2 Å². The lowest BCUT2D eigenvalue weighted by atomic mass is 10.1. The number of ether oxygens (including phenoxy) is 1. The zero-order valence-corrected chi connectivity index (χ0v) is 13.8. The first-order valence-corrected chi connectivity index (χ1v) is 8.05. The van der Waals surface area contributed by atoms with E-state index >= 15 is 0 Å². The maximum atomic E-state index is 10.9. The van der Waals surface area contributed by atoms with E-state index in [1.54, 1.807) is 12.1 Å². The smallest absolute Gasteiger partial charge is 0.368 e. The Kier molecular flexibility index (Phi) is 5.20. The summed E-state index contributed by atoms with van der Waals surface area (Å²) in [6.45, 7) is 3.29. The van der Waals surface area contributed by atoms with Gasteiger partial charge in [0.15, 0.2) is 5.82 Å². The second kappa shape index (κ2) is 7.71. The van der Waals surface area contributed by atoms with E-state index in [1.807, 2.05) is 37.3 Å². The number of hydrogen-bond acceptors (Lipinski definition) is 6. The van der Waals surface area contributed by atoms with Gasteiger partial charge in [-0.15, -0.1) is 0 Å². The topological polar surface area (TPSA) is 94.6 Å². The number of fused-ring (bicyclic) bond motifs is 1. The number of hydrogen-bond donors (Lipinski definition) is 1. The second-order valence-corrected chi connectivity index (χ2v) is 5.57. The lowest BCUT2D eigenvalue weighted by Gasteiger charge is -2.13. The highest BCUT2D eigenvalue weighted by Crippen LogP contribution is 2.16. The van der Waals surface area contributed by atoms with Gasteiger partial charge in [0.05, 0.1) is 6.10 Å². The van der Waals surface area contributed by atoms with Gasteiger partial charge in [-0.3, -0.25) is 0 Å². The number of nitrogens with one attached hydrogen (secondary N) is 1. The van der Waals surface area contributed by atoms with Crippen molar-refractivity contribution in [1.82, 2.24) is 14.6 Å². The largest absolute Gasteiger partial charge is 0.374 e. The summed E-state index contributed by atoms with van der Waals surface area (Å²) in [4.78, 5) is 14.4. The molecule has 1 aromatic carbocycles. The maximum absolute atomic E-state index is 10.9. The van der Waals surface area contributed by atoms with Crippen LogP contribution >= 0.6 is 0 Å². The molecule has 0 aliphatic heterocycles. The number of rotatable bonds is 8. The fourth-order valence-electron chi connectivity index (χ4n) is 2.45. The molecule has 0 aliphatic carbocycles. The Morgan fingerprint density at radius 1 is 1.28 bits per heavy atom. The molecule has 1 N–H and O–H groups in total. The van der Waals surface area contributed by atoms with Crippen molar-refractivity contribution in [3.8, 4) is 0 Å². The molecule has 8 nitrogen and oxygen atoms in total. The van der Waals surface area contributed by atoms with Crippen molar-refractivity contribution >= 4 is 17.3 Å². The second-order valence-electron chi connectivity index (χ2n) is 5.57. The zero-order valence-electron chi connectivity index (χ0n) is 13.8. The summed E-state index contributed by atoms with van der Waals surface area (Å²) in [5.41, 5.74) is 1.59. The van der Waals surface area contributed by atoms with Gasteiger partial charge >= 0.3 is 5.82 Å². The number of nitrogens with zero attached hydrogens (tertiary/aromatic N) is 4. The van der Waals surface area contributed by atoms with Crippen molar-refractivity contribution in [2.24, 2.45) is 0 Å². The molecule has 0 aliphatic rings. The molecule has 130 valence electrons. The van der Waals surface area contributed by atoms with Crippen LogP contribution in [0.2, 0.25) is 0 Å². The minimum Gasteiger partial charge on any atom is -0.374 e. The molecule has 2 aromatic heterocycles. The highest BCUT2D eigenvalue weighted by molar-refractivity contribution is 5.48. The van der Waals surface area contributed by atoms with Crippen molar-refractivity contribution < 1.29 is 9.66 Å². The molecule has 2 heterocycles. The standard InChI is InChI=1S/C17H19N5O3/c1-13(14-6-3-2-4-7-14)25-11-5-10-18-15-8-9-16-19-12-17(22(23)24)21(16)20-15/h2-4,6-9,12-13H,5,10-11H2,1H3,(H,18,20). The van der Waals surface area contributed by atoms with Crippen molar-refractivity contribution in [3.63, 3.8) is 0 Å². The van der Waals surface area contributed by atoms with Gasteiger partial charge in [-0.2, -0.15) is 0 Å². The Morgan fingerprint density at radius 3 is 2.84 bits per heavy atom. The van der Waals surface area contributed by atoms with E-state index in [9.17, 15) is 10.1 Å². The van der Waals surface area contributed by atoms with Crippen LogP contribution < -0.4 is 5.32 Å². The SMILES string of the molecule is CC(OCCCNc1ccc2ncc([N+](=O)[O-])n2n1)c1ccccc1. The maximum Gasteiger partial charge on any atom is 0.368 e. The number of imidazole rings is 1. The van der Waals surface area contributed by atoms with Gasteiger partial charge in [-0.25, -0.2) is 4.98 Å². The van der Waals surface area contributed by atoms with E-state index < -0.39 is 4.92 Å². The van der Waals surface area contributed by atoms with E-state index in [0.717, 1.165) is 12.0 Å². The van der Waals surface area contributed by atoms with Crippen LogP contribution in [0.3, 0.4) is 0 Å². The normalized spacial score (nSPS) is 12.2. The highest BCUT2D eigenvalue weighted by atomic mass is 16.6. The molecule has 0 saturated carbocycles. The molecular formula is C17H19N5O3. The Balaban J connectivity index is 1.48. The molecule has 1 unspecified atom stereocenters. The third-order valence-corrected chi connectivity index (χ3v) is 3.80. The molecule has 0 radical (unpaired) electrons. The lowest BCUT2D eigenvalue weighted by Crippen LogP contribution is -2.10. The van der Waals surface area contributed by atoms with Crippen molar-refractivity contribution in [2.75, 3.05) is 18.5 Å². The van der Waals surface area contributed by atoms with E-state index in [1.165, 1.54) is 10.7 Å². The lowest BCUT2D eigenvalue weighted by molar-refractivity contribution is -0.391. The third kappa shape index (κ3) is 4.10. The molecule has 3 aromatic rings. The van der Waals surface area contributed by atoms with E-state index in [2.05, 4.69) is 15.4 Å². The first kappa shape index (κ1) is 16.8. The Labute approximate surface area is 144 Å². The number of benzene rings is 1. The summed E-state index contributed by atoms with van der Waals surface area (Å²) in [6.07, 6.45) is 2.04.